The number of hydrogen-bond acceptors (Lipinski definition) is 2. The lowest BCUT2D eigenvalue weighted by Gasteiger charge is -2.18. The van der Waals surface area contributed by atoms with Crippen LogP contribution in [0.2, 0.25) is 0 Å². The SMILES string of the molecule is CCCC(C)C(O)COc1ccccc1. The number of ether oxygens (including phenoxy) is 1. The Morgan fingerprint density at radius 1 is 1.27 bits per heavy atom. The molecule has 2 nitrogen and oxygen atoms in total. The maximum atomic E-state index is 9.79. The van der Waals surface area contributed by atoms with E-state index < -0.39 is 0 Å². The van der Waals surface area contributed by atoms with Crippen molar-refractivity contribution in [3.05, 3.63) is 30.3 Å². The van der Waals surface area contributed by atoms with E-state index in [1.54, 1.807) is 0 Å². The van der Waals surface area contributed by atoms with Crippen LogP contribution in [0.15, 0.2) is 30.3 Å². The monoisotopic (exact) mass is 208 g/mol. The summed E-state index contributed by atoms with van der Waals surface area (Å²) in [6.07, 6.45) is 1.77. The highest BCUT2D eigenvalue weighted by Crippen LogP contribution is 2.13. The van der Waals surface area contributed by atoms with Gasteiger partial charge in [0, 0.05) is 0 Å². The van der Waals surface area contributed by atoms with Crippen molar-refractivity contribution < 1.29 is 9.84 Å². The smallest absolute Gasteiger partial charge is 0.119 e. The first kappa shape index (κ1) is 12.1. The van der Waals surface area contributed by atoms with Gasteiger partial charge < -0.3 is 9.84 Å². The van der Waals surface area contributed by atoms with E-state index in [2.05, 4.69) is 13.8 Å². The molecule has 2 atom stereocenters. The third-order valence-electron chi connectivity index (χ3n) is 2.56. The van der Waals surface area contributed by atoms with Crippen molar-refractivity contribution in [3.8, 4) is 5.75 Å². The molecule has 15 heavy (non-hydrogen) atoms. The number of benzene rings is 1. The van der Waals surface area contributed by atoms with Crippen molar-refractivity contribution in [2.24, 2.45) is 5.92 Å². The molecule has 0 aromatic heterocycles. The number of aliphatic hydroxyl groups is 1. The highest BCUT2D eigenvalue weighted by Gasteiger charge is 2.13. The molecule has 2 unspecified atom stereocenters. The lowest BCUT2D eigenvalue weighted by Crippen LogP contribution is -2.25. The first-order chi connectivity index (χ1) is 7.24. The summed E-state index contributed by atoms with van der Waals surface area (Å²) in [7, 11) is 0. The summed E-state index contributed by atoms with van der Waals surface area (Å²) in [6.45, 7) is 4.56. The molecule has 84 valence electrons. The molecule has 0 fully saturated rings. The van der Waals surface area contributed by atoms with Gasteiger partial charge in [0.25, 0.3) is 0 Å². The molecule has 0 saturated carbocycles. The highest BCUT2D eigenvalue weighted by molar-refractivity contribution is 5.20. The van der Waals surface area contributed by atoms with Gasteiger partial charge in [0.2, 0.25) is 0 Å². The molecule has 0 bridgehead atoms. The van der Waals surface area contributed by atoms with Gasteiger partial charge >= 0.3 is 0 Å². The van der Waals surface area contributed by atoms with Crippen molar-refractivity contribution in [1.82, 2.24) is 0 Å². The summed E-state index contributed by atoms with van der Waals surface area (Å²) in [4.78, 5) is 0. The average Bonchev–Trinajstić information content (AvgIpc) is 2.27. The minimum Gasteiger partial charge on any atom is -0.491 e. The molecule has 1 rings (SSSR count). The van der Waals surface area contributed by atoms with Crippen LogP contribution in [0.5, 0.6) is 5.75 Å². The Hall–Kier alpha value is -1.02. The molecule has 1 N–H and O–H groups in total. The molecule has 0 aliphatic rings. The van der Waals surface area contributed by atoms with Gasteiger partial charge in [-0.25, -0.2) is 0 Å². The standard InChI is InChI=1S/C13H20O2/c1-3-7-11(2)13(14)10-15-12-8-5-4-6-9-12/h4-6,8-9,11,13-14H,3,7,10H2,1-2H3. The molecule has 0 spiro atoms. The lowest BCUT2D eigenvalue weighted by atomic mass is 10.0. The Labute approximate surface area is 91.9 Å². The minimum atomic E-state index is -0.370. The van der Waals surface area contributed by atoms with E-state index in [9.17, 15) is 5.11 Å². The zero-order valence-corrected chi connectivity index (χ0v) is 9.52. The first-order valence-corrected chi connectivity index (χ1v) is 5.60. The van der Waals surface area contributed by atoms with E-state index in [0.717, 1.165) is 18.6 Å². The highest BCUT2D eigenvalue weighted by atomic mass is 16.5. The maximum absolute atomic E-state index is 9.79. The summed E-state index contributed by atoms with van der Waals surface area (Å²) in [5.41, 5.74) is 0. The van der Waals surface area contributed by atoms with Crippen molar-refractivity contribution >= 4 is 0 Å². The molecule has 0 saturated heterocycles. The molecule has 0 amide bonds. The second kappa shape index (κ2) is 6.46. The molecule has 1 aromatic rings. The zero-order valence-electron chi connectivity index (χ0n) is 9.52. The molecular weight excluding hydrogens is 188 g/mol. The van der Waals surface area contributed by atoms with Crippen molar-refractivity contribution in [2.75, 3.05) is 6.61 Å². The molecule has 2 heteroatoms. The van der Waals surface area contributed by atoms with Crippen LogP contribution in [0, 0.1) is 5.92 Å². The van der Waals surface area contributed by atoms with Crippen LogP contribution in [0.3, 0.4) is 0 Å². The summed E-state index contributed by atoms with van der Waals surface area (Å²) < 4.78 is 5.49. The molecule has 0 aliphatic heterocycles. The van der Waals surface area contributed by atoms with Gasteiger partial charge in [-0.05, 0) is 24.5 Å². The summed E-state index contributed by atoms with van der Waals surface area (Å²) in [5.74, 6) is 1.12. The predicted molar refractivity (Wildman–Crippen MR) is 62.0 cm³/mol. The van der Waals surface area contributed by atoms with Crippen LogP contribution in [0.25, 0.3) is 0 Å². The fraction of sp³-hybridized carbons (Fsp3) is 0.538. The summed E-state index contributed by atoms with van der Waals surface area (Å²) in [6, 6.07) is 9.60. The van der Waals surface area contributed by atoms with E-state index in [1.807, 2.05) is 30.3 Å². The maximum Gasteiger partial charge on any atom is 0.119 e. The van der Waals surface area contributed by atoms with Crippen LogP contribution in [0.4, 0.5) is 0 Å². The Morgan fingerprint density at radius 2 is 1.93 bits per heavy atom. The quantitative estimate of drug-likeness (QED) is 0.779. The lowest BCUT2D eigenvalue weighted by molar-refractivity contribution is 0.0601. The fourth-order valence-corrected chi connectivity index (χ4v) is 1.51. The molecule has 0 heterocycles. The van der Waals surface area contributed by atoms with Crippen LogP contribution < -0.4 is 4.74 Å². The van der Waals surface area contributed by atoms with E-state index in [-0.39, 0.29) is 6.10 Å². The zero-order chi connectivity index (χ0) is 11.1. The van der Waals surface area contributed by atoms with Crippen LogP contribution in [0.1, 0.15) is 26.7 Å². The normalized spacial score (nSPS) is 14.6. The van der Waals surface area contributed by atoms with E-state index in [0.29, 0.717) is 12.5 Å². The van der Waals surface area contributed by atoms with Gasteiger partial charge in [0.05, 0.1) is 6.10 Å². The van der Waals surface area contributed by atoms with Crippen molar-refractivity contribution in [1.29, 1.82) is 0 Å². The molecule has 0 radical (unpaired) electrons. The Morgan fingerprint density at radius 3 is 2.53 bits per heavy atom. The molecule has 1 aromatic carbocycles. The first-order valence-electron chi connectivity index (χ1n) is 5.60. The van der Waals surface area contributed by atoms with Crippen molar-refractivity contribution in [3.63, 3.8) is 0 Å². The van der Waals surface area contributed by atoms with E-state index in [1.165, 1.54) is 0 Å². The van der Waals surface area contributed by atoms with Gasteiger partial charge in [0.15, 0.2) is 0 Å². The minimum absolute atomic E-state index is 0.304. The third kappa shape index (κ3) is 4.34. The van der Waals surface area contributed by atoms with Crippen LogP contribution >= 0.6 is 0 Å². The third-order valence-corrected chi connectivity index (χ3v) is 2.56. The van der Waals surface area contributed by atoms with E-state index in [4.69, 9.17) is 4.74 Å². The second-order valence-corrected chi connectivity index (χ2v) is 3.96. The Bertz CT molecular complexity index is 258. The second-order valence-electron chi connectivity index (χ2n) is 3.96. The Balaban J connectivity index is 2.31. The summed E-state index contributed by atoms with van der Waals surface area (Å²) in [5, 5.41) is 9.79. The van der Waals surface area contributed by atoms with Crippen molar-refractivity contribution in [2.45, 2.75) is 32.8 Å². The largest absolute Gasteiger partial charge is 0.491 e. The van der Waals surface area contributed by atoms with Gasteiger partial charge in [0.1, 0.15) is 12.4 Å². The molecular formula is C13H20O2. The number of para-hydroxylation sites is 1. The number of aliphatic hydroxyl groups excluding tert-OH is 1. The number of hydrogen-bond donors (Lipinski definition) is 1. The molecule has 0 aliphatic carbocycles. The fourth-order valence-electron chi connectivity index (χ4n) is 1.51. The summed E-state index contributed by atoms with van der Waals surface area (Å²) >= 11 is 0. The van der Waals surface area contributed by atoms with E-state index >= 15 is 0 Å². The predicted octanol–water partition coefficient (Wildman–Crippen LogP) is 2.86. The average molecular weight is 208 g/mol. The Kier molecular flexibility index (Phi) is 5.19. The topological polar surface area (TPSA) is 29.5 Å². The number of rotatable bonds is 6. The van der Waals surface area contributed by atoms with Gasteiger partial charge in [-0.3, -0.25) is 0 Å². The van der Waals surface area contributed by atoms with Gasteiger partial charge in [-0.15, -0.1) is 0 Å². The van der Waals surface area contributed by atoms with Crippen LogP contribution in [-0.2, 0) is 0 Å². The van der Waals surface area contributed by atoms with Gasteiger partial charge in [-0.2, -0.15) is 0 Å². The van der Waals surface area contributed by atoms with Crippen LogP contribution in [-0.4, -0.2) is 17.8 Å². The van der Waals surface area contributed by atoms with Gasteiger partial charge in [-0.1, -0.05) is 38.5 Å².